The van der Waals surface area contributed by atoms with Crippen molar-refractivity contribution in [1.29, 1.82) is 0 Å². The van der Waals surface area contributed by atoms with Gasteiger partial charge >= 0.3 is 0 Å². The summed E-state index contributed by atoms with van der Waals surface area (Å²) in [5, 5.41) is 3.41. The van der Waals surface area contributed by atoms with Gasteiger partial charge in [-0.1, -0.05) is 20.8 Å². The quantitative estimate of drug-likeness (QED) is 0.796. The van der Waals surface area contributed by atoms with E-state index in [-0.39, 0.29) is 16.9 Å². The molecular formula is C12H23NO3S. The highest BCUT2D eigenvalue weighted by atomic mass is 32.2. The smallest absolute Gasteiger partial charge is 0.151 e. The van der Waals surface area contributed by atoms with E-state index in [1.807, 2.05) is 0 Å². The Bertz CT molecular complexity index is 377. The van der Waals surface area contributed by atoms with Crippen molar-refractivity contribution in [3.05, 3.63) is 0 Å². The summed E-state index contributed by atoms with van der Waals surface area (Å²) < 4.78 is 28.5. The lowest BCUT2D eigenvalue weighted by Crippen LogP contribution is -2.66. The molecule has 0 aromatic carbocycles. The molecule has 3 unspecified atom stereocenters. The third-order valence-corrected chi connectivity index (χ3v) is 6.02. The largest absolute Gasteiger partial charge is 0.377 e. The van der Waals surface area contributed by atoms with Crippen molar-refractivity contribution in [2.75, 3.05) is 24.7 Å². The topological polar surface area (TPSA) is 55.4 Å². The summed E-state index contributed by atoms with van der Waals surface area (Å²) in [5.74, 6) is 1.06. The Kier molecular flexibility index (Phi) is 3.54. The van der Waals surface area contributed by atoms with E-state index in [0.717, 1.165) is 13.0 Å². The van der Waals surface area contributed by atoms with Crippen LogP contribution >= 0.6 is 0 Å². The van der Waals surface area contributed by atoms with E-state index in [1.54, 1.807) is 6.92 Å². The highest BCUT2D eigenvalue weighted by Gasteiger charge is 2.58. The first-order chi connectivity index (χ1) is 7.88. The first-order valence-electron chi connectivity index (χ1n) is 6.44. The Hall–Kier alpha value is -0.130. The summed E-state index contributed by atoms with van der Waals surface area (Å²) in [4.78, 5) is 0. The molecule has 100 valence electrons. The van der Waals surface area contributed by atoms with E-state index in [0.29, 0.717) is 24.6 Å². The average Bonchev–Trinajstić information content (AvgIpc) is 2.71. The highest BCUT2D eigenvalue weighted by molar-refractivity contribution is 7.91. The number of ether oxygens (including phenoxy) is 1. The van der Waals surface area contributed by atoms with Gasteiger partial charge in [-0.15, -0.1) is 0 Å². The van der Waals surface area contributed by atoms with Crippen molar-refractivity contribution in [2.24, 2.45) is 11.3 Å². The van der Waals surface area contributed by atoms with Crippen LogP contribution < -0.4 is 5.32 Å². The fraction of sp³-hybridized carbons (Fsp3) is 1.00. The number of nitrogens with one attached hydrogen (secondary N) is 1. The number of rotatable bonds is 5. The fourth-order valence-corrected chi connectivity index (χ4v) is 3.97. The van der Waals surface area contributed by atoms with Crippen LogP contribution in [0.4, 0.5) is 0 Å². The van der Waals surface area contributed by atoms with Crippen LogP contribution in [0, 0.1) is 11.3 Å². The first-order valence-corrected chi connectivity index (χ1v) is 8.26. The van der Waals surface area contributed by atoms with Gasteiger partial charge in [-0.3, -0.25) is 0 Å². The molecule has 3 atom stereocenters. The Labute approximate surface area is 104 Å². The first kappa shape index (κ1) is 13.3. The summed E-state index contributed by atoms with van der Waals surface area (Å²) in [6, 6.07) is 0.405. The maximum Gasteiger partial charge on any atom is 0.151 e. The van der Waals surface area contributed by atoms with Crippen LogP contribution in [-0.4, -0.2) is 45.2 Å². The molecule has 17 heavy (non-hydrogen) atoms. The van der Waals surface area contributed by atoms with Crippen LogP contribution in [-0.2, 0) is 14.6 Å². The molecule has 4 nitrogen and oxygen atoms in total. The van der Waals surface area contributed by atoms with Gasteiger partial charge in [-0.2, -0.15) is 0 Å². The van der Waals surface area contributed by atoms with Crippen molar-refractivity contribution in [3.63, 3.8) is 0 Å². The second-order valence-corrected chi connectivity index (χ2v) is 8.21. The minimum Gasteiger partial charge on any atom is -0.377 e. The molecule has 1 saturated heterocycles. The fourth-order valence-electron chi connectivity index (χ4n) is 3.25. The van der Waals surface area contributed by atoms with Crippen molar-refractivity contribution < 1.29 is 13.2 Å². The van der Waals surface area contributed by atoms with Crippen LogP contribution in [0.1, 0.15) is 27.2 Å². The van der Waals surface area contributed by atoms with Crippen LogP contribution in [0.3, 0.4) is 0 Å². The lowest BCUT2D eigenvalue weighted by Gasteiger charge is -2.55. The number of fused-ring (bicyclic) bond motifs is 1. The summed E-state index contributed by atoms with van der Waals surface area (Å²) >= 11 is 0. The Morgan fingerprint density at radius 3 is 2.76 bits per heavy atom. The molecular weight excluding hydrogens is 238 g/mol. The standard InChI is InChI=1S/C12H23NO3S/c1-4-17(14,15)8-6-13-10-9-5-7-16-11(9)12(10,2)3/h9-11,13H,4-8H2,1-3H3. The van der Waals surface area contributed by atoms with E-state index in [4.69, 9.17) is 4.74 Å². The Balaban J connectivity index is 1.84. The summed E-state index contributed by atoms with van der Waals surface area (Å²) in [5.41, 5.74) is 0.136. The van der Waals surface area contributed by atoms with Crippen LogP contribution in [0.5, 0.6) is 0 Å². The second kappa shape index (κ2) is 4.52. The van der Waals surface area contributed by atoms with Gasteiger partial charge in [0, 0.05) is 36.3 Å². The van der Waals surface area contributed by atoms with Crippen molar-refractivity contribution in [2.45, 2.75) is 39.3 Å². The van der Waals surface area contributed by atoms with Crippen molar-refractivity contribution in [1.82, 2.24) is 5.32 Å². The highest BCUT2D eigenvalue weighted by Crippen LogP contribution is 2.51. The molecule has 2 fully saturated rings. The second-order valence-electron chi connectivity index (χ2n) is 5.73. The SMILES string of the molecule is CCS(=O)(=O)CCNC1C2CCOC2C1(C)C. The lowest BCUT2D eigenvalue weighted by atomic mass is 9.57. The zero-order chi connectivity index (χ0) is 12.7. The predicted molar refractivity (Wildman–Crippen MR) is 67.7 cm³/mol. The van der Waals surface area contributed by atoms with Crippen molar-refractivity contribution in [3.8, 4) is 0 Å². The van der Waals surface area contributed by atoms with E-state index in [9.17, 15) is 8.42 Å². The molecule has 1 aliphatic carbocycles. The summed E-state index contributed by atoms with van der Waals surface area (Å²) in [7, 11) is -2.85. The van der Waals surface area contributed by atoms with Crippen LogP contribution in [0.2, 0.25) is 0 Å². The summed E-state index contributed by atoms with van der Waals surface area (Å²) in [6.07, 6.45) is 1.47. The molecule has 0 aromatic rings. The molecule has 1 aliphatic heterocycles. The molecule has 1 N–H and O–H groups in total. The van der Waals surface area contributed by atoms with Gasteiger partial charge in [0.25, 0.3) is 0 Å². The number of hydrogen-bond donors (Lipinski definition) is 1. The number of hydrogen-bond acceptors (Lipinski definition) is 4. The molecule has 5 heteroatoms. The zero-order valence-electron chi connectivity index (χ0n) is 10.9. The Morgan fingerprint density at radius 1 is 1.41 bits per heavy atom. The third-order valence-electron chi connectivity index (χ3n) is 4.32. The maximum absolute atomic E-state index is 11.4. The van der Waals surface area contributed by atoms with Crippen LogP contribution in [0.15, 0.2) is 0 Å². The minimum absolute atomic E-state index is 0.136. The van der Waals surface area contributed by atoms with Crippen LogP contribution in [0.25, 0.3) is 0 Å². The van der Waals surface area contributed by atoms with Gasteiger partial charge in [0.05, 0.1) is 11.9 Å². The Morgan fingerprint density at radius 2 is 2.12 bits per heavy atom. The van der Waals surface area contributed by atoms with E-state index in [1.165, 1.54) is 0 Å². The molecule has 1 saturated carbocycles. The van der Waals surface area contributed by atoms with Gasteiger partial charge < -0.3 is 10.1 Å². The van der Waals surface area contributed by atoms with E-state index in [2.05, 4.69) is 19.2 Å². The normalized spacial score (nSPS) is 35.4. The average molecular weight is 261 g/mol. The van der Waals surface area contributed by atoms with Gasteiger partial charge in [-0.05, 0) is 6.42 Å². The lowest BCUT2D eigenvalue weighted by molar-refractivity contribution is -0.111. The molecule has 0 aromatic heterocycles. The molecule has 0 bridgehead atoms. The van der Waals surface area contributed by atoms with E-state index < -0.39 is 9.84 Å². The molecule has 2 rings (SSSR count). The predicted octanol–water partition coefficient (Wildman–Crippen LogP) is 0.824. The molecule has 0 amide bonds. The number of sulfone groups is 1. The molecule has 0 spiro atoms. The van der Waals surface area contributed by atoms with Gasteiger partial charge in [0.15, 0.2) is 9.84 Å². The molecule has 2 aliphatic rings. The van der Waals surface area contributed by atoms with E-state index >= 15 is 0 Å². The molecule has 0 radical (unpaired) electrons. The van der Waals surface area contributed by atoms with Gasteiger partial charge in [0.2, 0.25) is 0 Å². The zero-order valence-corrected chi connectivity index (χ0v) is 11.7. The summed E-state index contributed by atoms with van der Waals surface area (Å²) in [6.45, 7) is 7.51. The minimum atomic E-state index is -2.85. The monoisotopic (exact) mass is 261 g/mol. The maximum atomic E-state index is 11.4. The molecule has 1 heterocycles. The van der Waals surface area contributed by atoms with Gasteiger partial charge in [0.1, 0.15) is 0 Å². The van der Waals surface area contributed by atoms with Crippen molar-refractivity contribution >= 4 is 9.84 Å². The van der Waals surface area contributed by atoms with Gasteiger partial charge in [-0.25, -0.2) is 8.42 Å². The third kappa shape index (κ3) is 2.37.